The molecule has 1 heterocycles. The van der Waals surface area contributed by atoms with Crippen molar-refractivity contribution in [3.05, 3.63) is 101 Å². The normalized spacial score (nSPS) is 16.9. The average Bonchev–Trinajstić information content (AvgIpc) is 3.16. The highest BCUT2D eigenvalue weighted by Gasteiger charge is 2.51. The van der Waals surface area contributed by atoms with E-state index in [1.807, 2.05) is 42.5 Å². The first-order valence-corrected chi connectivity index (χ1v) is 11.9. The zero-order chi connectivity index (χ0) is 25.4. The Labute approximate surface area is 208 Å². The third-order valence-electron chi connectivity index (χ3n) is 6.85. The van der Waals surface area contributed by atoms with Gasteiger partial charge in [0.15, 0.2) is 12.6 Å². The molecule has 0 spiro atoms. The highest BCUT2D eigenvalue weighted by atomic mass is 16.6. The van der Waals surface area contributed by atoms with Gasteiger partial charge in [-0.15, -0.1) is 0 Å². The molecule has 1 atom stereocenters. The topological polar surface area (TPSA) is 116 Å². The maximum absolute atomic E-state index is 14.1. The lowest BCUT2D eigenvalue weighted by Gasteiger charge is -2.31. The SMILES string of the molecule is CC(C)c1ccc(C2(NC(=O)c3ccc4ncccc4c3)Cc3cccc([NH3+])c3C2=O)c(OCO)c1. The van der Waals surface area contributed by atoms with Crippen LogP contribution in [0.25, 0.3) is 10.9 Å². The van der Waals surface area contributed by atoms with Crippen LogP contribution >= 0.6 is 0 Å². The quantitative estimate of drug-likeness (QED) is 0.363. The summed E-state index contributed by atoms with van der Waals surface area (Å²) in [6.07, 6.45) is 1.94. The Morgan fingerprint density at radius 1 is 1.14 bits per heavy atom. The number of nitrogens with zero attached hydrogens (tertiary/aromatic N) is 1. The van der Waals surface area contributed by atoms with Crippen molar-refractivity contribution in [2.75, 3.05) is 6.79 Å². The summed E-state index contributed by atoms with van der Waals surface area (Å²) in [5.41, 5.74) is 7.23. The second-order valence-electron chi connectivity index (χ2n) is 9.41. The van der Waals surface area contributed by atoms with Gasteiger partial charge in [-0.05, 0) is 53.4 Å². The fourth-order valence-electron chi connectivity index (χ4n) is 4.98. The number of hydrogen-bond acceptors (Lipinski definition) is 5. The first kappa shape index (κ1) is 23.7. The molecule has 36 heavy (non-hydrogen) atoms. The van der Waals surface area contributed by atoms with Crippen LogP contribution < -0.4 is 15.8 Å². The molecule has 0 saturated carbocycles. The molecule has 3 aromatic carbocycles. The molecule has 1 aliphatic carbocycles. The van der Waals surface area contributed by atoms with Crippen molar-refractivity contribution in [2.24, 2.45) is 0 Å². The van der Waals surface area contributed by atoms with E-state index in [4.69, 9.17) is 4.74 Å². The maximum Gasteiger partial charge on any atom is 0.252 e. The van der Waals surface area contributed by atoms with E-state index in [-0.39, 0.29) is 18.1 Å². The van der Waals surface area contributed by atoms with E-state index in [1.165, 1.54) is 0 Å². The number of carbonyl (C=O) groups is 2. The summed E-state index contributed by atoms with van der Waals surface area (Å²) in [6.45, 7) is 3.54. The van der Waals surface area contributed by atoms with Crippen LogP contribution in [0.15, 0.2) is 72.9 Å². The van der Waals surface area contributed by atoms with Crippen LogP contribution in [0.3, 0.4) is 0 Å². The molecule has 7 nitrogen and oxygen atoms in total. The number of aliphatic hydroxyl groups excluding tert-OH is 1. The number of quaternary nitrogens is 1. The molecule has 0 fully saturated rings. The molecule has 1 aromatic heterocycles. The lowest BCUT2D eigenvalue weighted by Crippen LogP contribution is -2.51. The fourth-order valence-corrected chi connectivity index (χ4v) is 4.98. The molecule has 5 rings (SSSR count). The minimum absolute atomic E-state index is 0.208. The number of aliphatic hydroxyl groups is 1. The number of aromatic nitrogens is 1. The van der Waals surface area contributed by atoms with Gasteiger partial charge < -0.3 is 20.9 Å². The molecular weight excluding hydrogens is 454 g/mol. The predicted molar refractivity (Wildman–Crippen MR) is 136 cm³/mol. The van der Waals surface area contributed by atoms with Gasteiger partial charge in [-0.25, -0.2) is 0 Å². The van der Waals surface area contributed by atoms with Crippen LogP contribution in [0.4, 0.5) is 5.69 Å². The van der Waals surface area contributed by atoms with E-state index in [0.29, 0.717) is 28.1 Å². The van der Waals surface area contributed by atoms with Gasteiger partial charge in [0, 0.05) is 29.1 Å². The van der Waals surface area contributed by atoms with E-state index >= 15 is 0 Å². The summed E-state index contributed by atoms with van der Waals surface area (Å²) in [4.78, 5) is 32.1. The summed E-state index contributed by atoms with van der Waals surface area (Å²) < 4.78 is 5.62. The number of benzene rings is 3. The number of amides is 1. The van der Waals surface area contributed by atoms with Gasteiger partial charge in [-0.2, -0.15) is 0 Å². The van der Waals surface area contributed by atoms with E-state index in [1.54, 1.807) is 30.5 Å². The van der Waals surface area contributed by atoms with Gasteiger partial charge in [0.1, 0.15) is 17.0 Å². The van der Waals surface area contributed by atoms with Gasteiger partial charge in [-0.3, -0.25) is 14.6 Å². The largest absolute Gasteiger partial charge is 0.467 e. The monoisotopic (exact) mass is 482 g/mol. The highest BCUT2D eigenvalue weighted by molar-refractivity contribution is 6.13. The molecule has 1 aliphatic rings. The summed E-state index contributed by atoms with van der Waals surface area (Å²) in [5, 5.41) is 13.5. The number of ketones is 1. The minimum Gasteiger partial charge on any atom is -0.467 e. The Morgan fingerprint density at radius 2 is 1.97 bits per heavy atom. The van der Waals surface area contributed by atoms with Crippen molar-refractivity contribution in [3.8, 4) is 5.75 Å². The van der Waals surface area contributed by atoms with Gasteiger partial charge in [0.25, 0.3) is 5.91 Å². The zero-order valence-electron chi connectivity index (χ0n) is 20.2. The number of nitrogens with one attached hydrogen (secondary N) is 1. The van der Waals surface area contributed by atoms with Crippen molar-refractivity contribution in [1.29, 1.82) is 0 Å². The van der Waals surface area contributed by atoms with E-state index in [0.717, 1.165) is 22.0 Å². The second-order valence-corrected chi connectivity index (χ2v) is 9.41. The number of Topliss-reactive ketones (excluding diaryl/α,β-unsaturated/α-hetero) is 1. The molecular formula is C29H28N3O4+. The number of ether oxygens (including phenoxy) is 1. The van der Waals surface area contributed by atoms with E-state index in [2.05, 4.69) is 29.9 Å². The molecule has 182 valence electrons. The summed E-state index contributed by atoms with van der Waals surface area (Å²) in [5.74, 6) is -0.0763. The zero-order valence-corrected chi connectivity index (χ0v) is 20.2. The number of carbonyl (C=O) groups excluding carboxylic acids is 2. The summed E-state index contributed by atoms with van der Waals surface area (Å²) in [7, 11) is 0. The second kappa shape index (κ2) is 9.18. The van der Waals surface area contributed by atoms with Crippen molar-refractivity contribution >= 4 is 28.3 Å². The predicted octanol–water partition coefficient (Wildman–Crippen LogP) is 3.62. The lowest BCUT2D eigenvalue weighted by molar-refractivity contribution is -0.255. The smallest absolute Gasteiger partial charge is 0.252 e. The number of pyridine rings is 1. The Kier molecular flexibility index (Phi) is 6.04. The average molecular weight is 483 g/mol. The van der Waals surface area contributed by atoms with Crippen molar-refractivity contribution < 1.29 is 25.2 Å². The van der Waals surface area contributed by atoms with Gasteiger partial charge in [0.05, 0.1) is 11.1 Å². The molecule has 0 radical (unpaired) electrons. The summed E-state index contributed by atoms with van der Waals surface area (Å²) in [6, 6.07) is 20.0. The van der Waals surface area contributed by atoms with E-state index in [9.17, 15) is 14.7 Å². The molecule has 4 aromatic rings. The molecule has 7 heteroatoms. The molecule has 0 bridgehead atoms. The highest BCUT2D eigenvalue weighted by Crippen LogP contribution is 2.44. The standard InChI is InChI=1S/C29H27N3O4/c1-17(2)18-8-10-22(25(14-18)36-16-33)29(15-21-5-3-7-23(30)26(21)27(29)34)32-28(35)20-9-11-24-19(13-20)6-4-12-31-24/h3-14,17,33H,15-16,30H2,1-2H3,(H,32,35)/p+1. The van der Waals surface area contributed by atoms with Crippen LogP contribution in [0.2, 0.25) is 0 Å². The fraction of sp³-hybridized carbons (Fsp3) is 0.207. The van der Waals surface area contributed by atoms with Crippen LogP contribution in [0.5, 0.6) is 5.75 Å². The van der Waals surface area contributed by atoms with Crippen LogP contribution in [-0.4, -0.2) is 28.6 Å². The van der Waals surface area contributed by atoms with Crippen molar-refractivity contribution in [3.63, 3.8) is 0 Å². The number of hydrogen-bond donors (Lipinski definition) is 3. The Morgan fingerprint density at radius 3 is 2.72 bits per heavy atom. The third kappa shape index (κ3) is 3.92. The Bertz CT molecular complexity index is 1500. The number of fused-ring (bicyclic) bond motifs is 2. The van der Waals surface area contributed by atoms with E-state index < -0.39 is 18.2 Å². The summed E-state index contributed by atoms with van der Waals surface area (Å²) >= 11 is 0. The molecule has 1 amide bonds. The van der Waals surface area contributed by atoms with Gasteiger partial charge >= 0.3 is 0 Å². The lowest BCUT2D eigenvalue weighted by atomic mass is 9.83. The third-order valence-corrected chi connectivity index (χ3v) is 6.85. The van der Waals surface area contributed by atoms with Crippen molar-refractivity contribution in [1.82, 2.24) is 10.3 Å². The Hall–Kier alpha value is -4.07. The Balaban J connectivity index is 1.65. The van der Waals surface area contributed by atoms with Crippen molar-refractivity contribution in [2.45, 2.75) is 31.7 Å². The van der Waals surface area contributed by atoms with Gasteiger partial charge in [-0.1, -0.05) is 44.2 Å². The first-order chi connectivity index (χ1) is 17.3. The van der Waals surface area contributed by atoms with Crippen LogP contribution in [-0.2, 0) is 12.0 Å². The molecule has 5 N–H and O–H groups in total. The molecule has 0 aliphatic heterocycles. The van der Waals surface area contributed by atoms with Crippen LogP contribution in [0.1, 0.15) is 57.2 Å². The minimum atomic E-state index is -1.42. The maximum atomic E-state index is 14.1. The van der Waals surface area contributed by atoms with Gasteiger partial charge in [0.2, 0.25) is 0 Å². The molecule has 1 unspecified atom stereocenters. The molecule has 0 saturated heterocycles. The first-order valence-electron chi connectivity index (χ1n) is 11.9. The number of rotatable bonds is 6. The van der Waals surface area contributed by atoms with Crippen LogP contribution in [0, 0.1) is 0 Å².